The summed E-state index contributed by atoms with van der Waals surface area (Å²) in [5.41, 5.74) is 1.22. The van der Waals surface area contributed by atoms with Crippen molar-refractivity contribution in [3.05, 3.63) is 22.4 Å². The number of thiophene rings is 1. The van der Waals surface area contributed by atoms with E-state index in [4.69, 9.17) is 0 Å². The predicted molar refractivity (Wildman–Crippen MR) is 81.6 cm³/mol. The van der Waals surface area contributed by atoms with Gasteiger partial charge in [0.15, 0.2) is 0 Å². The maximum atomic E-state index is 12.6. The Morgan fingerprint density at radius 2 is 2.20 bits per heavy atom. The van der Waals surface area contributed by atoms with Crippen LogP contribution in [0, 0.1) is 5.92 Å². The molecule has 1 aromatic rings. The quantitative estimate of drug-likeness (QED) is 0.905. The number of likely N-dealkylation sites (tertiary alicyclic amines) is 1. The summed E-state index contributed by atoms with van der Waals surface area (Å²) in [5, 5.41) is 7.69. The first-order valence-electron chi connectivity index (χ1n) is 7.37. The molecule has 20 heavy (non-hydrogen) atoms. The maximum absolute atomic E-state index is 12.6. The highest BCUT2D eigenvalue weighted by Crippen LogP contribution is 2.33. The molecular weight excluding hydrogens is 270 g/mol. The Balaban J connectivity index is 1.86. The van der Waals surface area contributed by atoms with Gasteiger partial charge in [-0.05, 0) is 55.2 Å². The Kier molecular flexibility index (Phi) is 3.84. The highest BCUT2D eigenvalue weighted by Gasteiger charge is 2.43. The van der Waals surface area contributed by atoms with E-state index in [1.165, 1.54) is 5.56 Å². The topological polar surface area (TPSA) is 35.6 Å². The van der Waals surface area contributed by atoms with Crippen LogP contribution in [0.4, 0.5) is 0 Å². The summed E-state index contributed by atoms with van der Waals surface area (Å²) in [6, 6.07) is 2.40. The second kappa shape index (κ2) is 5.47. The van der Waals surface area contributed by atoms with E-state index in [0.717, 1.165) is 19.5 Å². The van der Waals surface area contributed by atoms with Crippen LogP contribution in [0.25, 0.3) is 0 Å². The van der Waals surface area contributed by atoms with Crippen LogP contribution in [0.5, 0.6) is 0 Å². The molecule has 4 atom stereocenters. The number of rotatable bonds is 2. The van der Waals surface area contributed by atoms with Gasteiger partial charge in [-0.15, -0.1) is 0 Å². The summed E-state index contributed by atoms with van der Waals surface area (Å²) >= 11 is 1.69. The minimum absolute atomic E-state index is 0.0552. The Labute approximate surface area is 124 Å². The fourth-order valence-electron chi connectivity index (χ4n) is 3.54. The van der Waals surface area contributed by atoms with Crippen molar-refractivity contribution in [2.45, 2.75) is 38.5 Å². The Hall–Kier alpha value is -0.910. The minimum Gasteiger partial charge on any atom is -0.318 e. The van der Waals surface area contributed by atoms with Crippen molar-refractivity contribution in [1.82, 2.24) is 15.1 Å². The molecule has 0 bridgehead atoms. The Morgan fingerprint density at radius 1 is 1.40 bits per heavy atom. The first-order valence-corrected chi connectivity index (χ1v) is 8.31. The molecule has 0 aromatic carbocycles. The van der Waals surface area contributed by atoms with Crippen LogP contribution in [-0.2, 0) is 4.79 Å². The highest BCUT2D eigenvalue weighted by atomic mass is 32.1. The molecule has 2 aliphatic rings. The monoisotopic (exact) mass is 293 g/mol. The zero-order chi connectivity index (χ0) is 14.3. The highest BCUT2D eigenvalue weighted by molar-refractivity contribution is 7.07. The van der Waals surface area contributed by atoms with Crippen LogP contribution in [-0.4, -0.2) is 47.9 Å². The number of hydrogen-bond acceptors (Lipinski definition) is 4. The van der Waals surface area contributed by atoms with Gasteiger partial charge < -0.3 is 9.80 Å². The lowest BCUT2D eigenvalue weighted by Crippen LogP contribution is -2.51. The van der Waals surface area contributed by atoms with E-state index in [9.17, 15) is 4.79 Å². The average Bonchev–Trinajstić information content (AvgIpc) is 3.01. The summed E-state index contributed by atoms with van der Waals surface area (Å²) in [7, 11) is 2.16. The van der Waals surface area contributed by atoms with Crippen LogP contribution < -0.4 is 5.32 Å². The fraction of sp³-hybridized carbons (Fsp3) is 0.667. The Morgan fingerprint density at radius 3 is 2.85 bits per heavy atom. The molecule has 2 aliphatic heterocycles. The number of piperidine rings is 1. The molecule has 4 unspecified atom stereocenters. The molecule has 3 rings (SSSR count). The number of hydrogen-bond donors (Lipinski definition) is 1. The van der Waals surface area contributed by atoms with Gasteiger partial charge >= 0.3 is 0 Å². The summed E-state index contributed by atoms with van der Waals surface area (Å²) in [5.74, 6) is 0.772. The molecule has 4 nitrogen and oxygen atoms in total. The summed E-state index contributed by atoms with van der Waals surface area (Å²) in [6.45, 7) is 6.38. The van der Waals surface area contributed by atoms with Gasteiger partial charge in [-0.2, -0.15) is 11.3 Å². The van der Waals surface area contributed by atoms with Gasteiger partial charge in [0.25, 0.3) is 0 Å². The molecule has 0 spiro atoms. The normalized spacial score (nSPS) is 35.8. The van der Waals surface area contributed by atoms with Crippen LogP contribution in [0.3, 0.4) is 0 Å². The molecule has 1 aromatic heterocycles. The Bertz CT molecular complexity index is 475. The molecule has 2 fully saturated rings. The lowest BCUT2D eigenvalue weighted by molar-refractivity contribution is -0.134. The molecule has 3 heterocycles. The number of nitrogens with zero attached hydrogens (tertiary/aromatic N) is 2. The average molecular weight is 293 g/mol. The number of carbonyl (C=O) groups excluding carboxylic acids is 1. The van der Waals surface area contributed by atoms with Crippen molar-refractivity contribution in [2.75, 3.05) is 20.1 Å². The van der Waals surface area contributed by atoms with E-state index in [2.05, 4.69) is 45.9 Å². The van der Waals surface area contributed by atoms with Crippen molar-refractivity contribution in [1.29, 1.82) is 0 Å². The second-order valence-electron chi connectivity index (χ2n) is 6.19. The smallest absolute Gasteiger partial charge is 0.241 e. The largest absolute Gasteiger partial charge is 0.318 e. The zero-order valence-corrected chi connectivity index (χ0v) is 13.2. The molecule has 0 aliphatic carbocycles. The molecule has 0 saturated carbocycles. The van der Waals surface area contributed by atoms with Gasteiger partial charge in [-0.3, -0.25) is 10.1 Å². The van der Waals surface area contributed by atoms with Gasteiger partial charge in [0, 0.05) is 12.6 Å². The van der Waals surface area contributed by atoms with Crippen LogP contribution >= 0.6 is 11.3 Å². The van der Waals surface area contributed by atoms with Crippen molar-refractivity contribution in [3.8, 4) is 0 Å². The van der Waals surface area contributed by atoms with Gasteiger partial charge in [-0.25, -0.2) is 0 Å². The molecule has 1 N–H and O–H groups in total. The summed E-state index contributed by atoms with van der Waals surface area (Å²) < 4.78 is 0. The van der Waals surface area contributed by atoms with E-state index in [1.54, 1.807) is 11.3 Å². The third-order valence-electron chi connectivity index (χ3n) is 4.59. The third-order valence-corrected chi connectivity index (χ3v) is 5.29. The van der Waals surface area contributed by atoms with E-state index in [-0.39, 0.29) is 18.1 Å². The predicted octanol–water partition coefficient (Wildman–Crippen LogP) is 1.91. The number of carbonyl (C=O) groups is 1. The molecule has 110 valence electrons. The van der Waals surface area contributed by atoms with Gasteiger partial charge in [0.2, 0.25) is 5.91 Å². The summed E-state index contributed by atoms with van der Waals surface area (Å²) in [4.78, 5) is 17.1. The van der Waals surface area contributed by atoms with Crippen LogP contribution in [0.2, 0.25) is 0 Å². The lowest BCUT2D eigenvalue weighted by Gasteiger charge is -2.42. The van der Waals surface area contributed by atoms with E-state index >= 15 is 0 Å². The van der Waals surface area contributed by atoms with Crippen molar-refractivity contribution in [2.24, 2.45) is 5.92 Å². The van der Waals surface area contributed by atoms with Crippen LogP contribution in [0.1, 0.15) is 32.0 Å². The third kappa shape index (κ3) is 2.38. The fourth-order valence-corrected chi connectivity index (χ4v) is 4.22. The number of amides is 1. The minimum atomic E-state index is -0.0771. The first kappa shape index (κ1) is 14.0. The zero-order valence-electron chi connectivity index (χ0n) is 12.4. The van der Waals surface area contributed by atoms with Crippen molar-refractivity contribution < 1.29 is 4.79 Å². The van der Waals surface area contributed by atoms with Gasteiger partial charge in [-0.1, -0.05) is 6.92 Å². The lowest BCUT2D eigenvalue weighted by atomic mass is 9.92. The second-order valence-corrected chi connectivity index (χ2v) is 6.97. The SMILES string of the molecule is CC1NC(c2ccsc2)N(C2CCN(C)CC2C)C1=O. The van der Waals surface area contributed by atoms with Gasteiger partial charge in [0.1, 0.15) is 6.17 Å². The van der Waals surface area contributed by atoms with E-state index in [0.29, 0.717) is 12.0 Å². The molecule has 1 amide bonds. The molecule has 5 heteroatoms. The molecule has 2 saturated heterocycles. The molecular formula is C15H23N3OS. The number of nitrogens with one attached hydrogen (secondary N) is 1. The van der Waals surface area contributed by atoms with E-state index in [1.807, 2.05) is 6.92 Å². The van der Waals surface area contributed by atoms with Gasteiger partial charge in [0.05, 0.1) is 6.04 Å². The standard InChI is InChI=1S/C15H23N3OS/c1-10-8-17(3)6-4-13(10)18-14(12-5-7-20-9-12)16-11(2)15(18)19/h5,7,9-11,13-14,16H,4,6,8H2,1-3H3. The first-order chi connectivity index (χ1) is 9.58. The van der Waals surface area contributed by atoms with Crippen LogP contribution in [0.15, 0.2) is 16.8 Å². The van der Waals surface area contributed by atoms with Crippen molar-refractivity contribution >= 4 is 17.2 Å². The molecule has 0 radical (unpaired) electrons. The maximum Gasteiger partial charge on any atom is 0.241 e. The summed E-state index contributed by atoms with van der Waals surface area (Å²) in [6.07, 6.45) is 1.12. The van der Waals surface area contributed by atoms with Crippen molar-refractivity contribution in [3.63, 3.8) is 0 Å². The van der Waals surface area contributed by atoms with E-state index < -0.39 is 0 Å².